The van der Waals surface area contributed by atoms with E-state index in [1.807, 2.05) is 31.3 Å². The fourth-order valence-electron chi connectivity index (χ4n) is 4.26. The Kier molecular flexibility index (Phi) is 6.28. The number of nitrogens with one attached hydrogen (secondary N) is 2. The first-order valence-electron chi connectivity index (χ1n) is 11.8. The van der Waals surface area contributed by atoms with Crippen molar-refractivity contribution >= 4 is 41.2 Å². The number of aromatic amines is 1. The van der Waals surface area contributed by atoms with Gasteiger partial charge >= 0.3 is 0 Å². The first-order chi connectivity index (χ1) is 17.0. The summed E-state index contributed by atoms with van der Waals surface area (Å²) < 4.78 is 1.77. The molecule has 180 valence electrons. The summed E-state index contributed by atoms with van der Waals surface area (Å²) in [4.78, 5) is 18.6. The summed E-state index contributed by atoms with van der Waals surface area (Å²) in [6, 6.07) is 4.66. The Hall–Kier alpha value is -4.05. The number of rotatable bonds is 6. The largest absolute Gasteiger partial charge is 0.354 e. The van der Waals surface area contributed by atoms with Gasteiger partial charge < -0.3 is 10.2 Å². The summed E-state index contributed by atoms with van der Waals surface area (Å²) in [5, 5.41) is 16.4. The molecule has 0 amide bonds. The van der Waals surface area contributed by atoms with Gasteiger partial charge in [-0.3, -0.25) is 10.00 Å². The van der Waals surface area contributed by atoms with Gasteiger partial charge in [0.25, 0.3) is 0 Å². The van der Waals surface area contributed by atoms with Crippen LogP contribution in [0.25, 0.3) is 23.9 Å². The van der Waals surface area contributed by atoms with Gasteiger partial charge in [0.2, 0.25) is 0 Å². The topological polar surface area (TPSA) is 103 Å². The maximum atomic E-state index is 4.69. The van der Waals surface area contributed by atoms with E-state index in [1.165, 1.54) is 6.33 Å². The zero-order valence-corrected chi connectivity index (χ0v) is 20.3. The summed E-state index contributed by atoms with van der Waals surface area (Å²) in [6.45, 7) is 14.5. The molecule has 0 aliphatic carbocycles. The number of pyridine rings is 1. The minimum Gasteiger partial charge on any atom is -0.354 e. The molecule has 4 aromatic rings. The normalized spacial score (nSPS) is 15.9. The molecule has 2 N–H and O–H groups in total. The molecule has 0 bridgehead atoms. The molecule has 0 radical (unpaired) electrons. The highest BCUT2D eigenvalue weighted by molar-refractivity contribution is 5.87. The zero-order valence-electron chi connectivity index (χ0n) is 20.3. The number of piperazine rings is 1. The Morgan fingerprint density at radius 3 is 2.57 bits per heavy atom. The molecular formula is C25H30N10. The van der Waals surface area contributed by atoms with Crippen LogP contribution < -0.4 is 20.8 Å². The molecule has 1 aliphatic heterocycles. The number of H-pyrrole nitrogens is 1. The first-order valence-corrected chi connectivity index (χ1v) is 11.8. The molecule has 5 heterocycles. The molecule has 0 saturated carbocycles. The van der Waals surface area contributed by atoms with Gasteiger partial charge in [-0.2, -0.15) is 10.2 Å². The van der Waals surface area contributed by atoms with E-state index in [2.05, 4.69) is 66.9 Å². The molecule has 0 atom stereocenters. The third kappa shape index (κ3) is 4.65. The van der Waals surface area contributed by atoms with Crippen LogP contribution in [0, 0.1) is 0 Å². The van der Waals surface area contributed by atoms with E-state index in [9.17, 15) is 0 Å². The Balaban J connectivity index is 1.36. The zero-order chi connectivity index (χ0) is 24.4. The molecule has 1 saturated heterocycles. The van der Waals surface area contributed by atoms with Crippen molar-refractivity contribution in [2.45, 2.75) is 26.8 Å². The molecule has 0 spiro atoms. The summed E-state index contributed by atoms with van der Waals surface area (Å²) in [5.74, 6) is 1.60. The molecule has 1 fully saturated rings. The van der Waals surface area contributed by atoms with E-state index in [1.54, 1.807) is 16.9 Å². The van der Waals surface area contributed by atoms with Gasteiger partial charge in [-0.05, 0) is 44.6 Å². The summed E-state index contributed by atoms with van der Waals surface area (Å²) in [7, 11) is 0. The predicted molar refractivity (Wildman–Crippen MR) is 139 cm³/mol. The van der Waals surface area contributed by atoms with Crippen LogP contribution in [0.1, 0.15) is 26.5 Å². The molecule has 35 heavy (non-hydrogen) atoms. The number of nitrogens with zero attached hydrogens (tertiary/aromatic N) is 8. The van der Waals surface area contributed by atoms with Gasteiger partial charge in [-0.25, -0.2) is 19.5 Å². The van der Waals surface area contributed by atoms with Crippen LogP contribution in [0.2, 0.25) is 0 Å². The van der Waals surface area contributed by atoms with Crippen molar-refractivity contribution in [1.82, 2.24) is 39.7 Å². The third-order valence-corrected chi connectivity index (χ3v) is 6.34. The second-order valence-electron chi connectivity index (χ2n) is 8.83. The Morgan fingerprint density at radius 2 is 1.91 bits per heavy atom. The minimum absolute atomic E-state index is 0.581. The lowest BCUT2D eigenvalue weighted by Gasteiger charge is -2.37. The van der Waals surface area contributed by atoms with Gasteiger partial charge in [0.15, 0.2) is 11.5 Å². The number of anilines is 3. The smallest absolute Gasteiger partial charge is 0.199 e. The SMILES string of the molecule is C=c1cn[nH]c1=CC(=CC)c1cnc(Nc2ccc(N3CCN(C(C)C)CC3)nc2)c2ncnn12. The number of allylic oxidation sites excluding steroid dienone is 2. The highest BCUT2D eigenvalue weighted by atomic mass is 15.3. The van der Waals surface area contributed by atoms with Crippen LogP contribution in [0.15, 0.2) is 43.1 Å². The first kappa shape index (κ1) is 22.7. The van der Waals surface area contributed by atoms with Gasteiger partial charge in [0.1, 0.15) is 12.1 Å². The number of aromatic nitrogens is 7. The van der Waals surface area contributed by atoms with Crippen LogP contribution in [0.3, 0.4) is 0 Å². The van der Waals surface area contributed by atoms with E-state index >= 15 is 0 Å². The van der Waals surface area contributed by atoms with E-state index in [0.717, 1.165) is 59.5 Å². The van der Waals surface area contributed by atoms with E-state index < -0.39 is 0 Å². The summed E-state index contributed by atoms with van der Waals surface area (Å²) in [5.41, 5.74) is 3.21. The Bertz CT molecular complexity index is 1440. The second kappa shape index (κ2) is 9.67. The Labute approximate surface area is 203 Å². The van der Waals surface area contributed by atoms with Crippen LogP contribution in [0.5, 0.6) is 0 Å². The fraction of sp³-hybridized carbons (Fsp3) is 0.320. The molecule has 10 nitrogen and oxygen atoms in total. The number of hydrogen-bond donors (Lipinski definition) is 2. The van der Waals surface area contributed by atoms with Crippen molar-refractivity contribution < 1.29 is 0 Å². The van der Waals surface area contributed by atoms with E-state index in [4.69, 9.17) is 4.98 Å². The summed E-state index contributed by atoms with van der Waals surface area (Å²) >= 11 is 0. The molecular weight excluding hydrogens is 440 g/mol. The average Bonchev–Trinajstić information content (AvgIpc) is 3.53. The molecule has 5 rings (SSSR count). The second-order valence-corrected chi connectivity index (χ2v) is 8.83. The van der Waals surface area contributed by atoms with E-state index in [0.29, 0.717) is 17.5 Å². The third-order valence-electron chi connectivity index (χ3n) is 6.34. The average molecular weight is 471 g/mol. The van der Waals surface area contributed by atoms with Crippen LogP contribution >= 0.6 is 0 Å². The van der Waals surface area contributed by atoms with Crippen LogP contribution in [-0.2, 0) is 0 Å². The number of fused-ring (bicyclic) bond motifs is 1. The Morgan fingerprint density at radius 1 is 1.09 bits per heavy atom. The van der Waals surface area contributed by atoms with Gasteiger partial charge in [-0.15, -0.1) is 0 Å². The van der Waals surface area contributed by atoms with Gasteiger partial charge in [0, 0.05) is 37.4 Å². The lowest BCUT2D eigenvalue weighted by molar-refractivity contribution is 0.209. The van der Waals surface area contributed by atoms with E-state index in [-0.39, 0.29) is 0 Å². The number of hydrogen-bond acceptors (Lipinski definition) is 8. The molecule has 10 heteroatoms. The van der Waals surface area contributed by atoms with Gasteiger partial charge in [0.05, 0.1) is 35.3 Å². The van der Waals surface area contributed by atoms with Crippen molar-refractivity contribution in [2.75, 3.05) is 36.4 Å². The minimum atomic E-state index is 0.581. The highest BCUT2D eigenvalue weighted by Gasteiger charge is 2.20. The molecule has 0 unspecified atom stereocenters. The van der Waals surface area contributed by atoms with Crippen LogP contribution in [0.4, 0.5) is 17.3 Å². The lowest BCUT2D eigenvalue weighted by Crippen LogP contribution is -2.49. The monoisotopic (exact) mass is 470 g/mol. The maximum Gasteiger partial charge on any atom is 0.199 e. The quantitative estimate of drug-likeness (QED) is 0.440. The molecule has 1 aliphatic rings. The van der Waals surface area contributed by atoms with Crippen molar-refractivity contribution in [2.24, 2.45) is 0 Å². The summed E-state index contributed by atoms with van der Waals surface area (Å²) in [6.07, 6.45) is 10.8. The molecule has 4 aromatic heterocycles. The lowest BCUT2D eigenvalue weighted by atomic mass is 10.1. The van der Waals surface area contributed by atoms with Crippen molar-refractivity contribution in [3.63, 3.8) is 0 Å². The standard InChI is InChI=1S/C25H30N10/c1-5-19(12-21-18(4)13-29-32-21)22-15-27-24(25-28-16-30-35(22)25)31-20-6-7-23(26-14-20)34-10-8-33(9-11-34)17(2)3/h5-7,12-17,32H,4,8-11H2,1-3H3,(H,27,31). The van der Waals surface area contributed by atoms with Crippen molar-refractivity contribution in [3.8, 4) is 0 Å². The van der Waals surface area contributed by atoms with Crippen LogP contribution in [-0.4, -0.2) is 71.9 Å². The van der Waals surface area contributed by atoms with Crippen molar-refractivity contribution in [3.05, 3.63) is 59.4 Å². The predicted octanol–water partition coefficient (Wildman–Crippen LogP) is 1.81. The van der Waals surface area contributed by atoms with Gasteiger partial charge in [-0.1, -0.05) is 12.7 Å². The maximum absolute atomic E-state index is 4.69. The molecule has 0 aromatic carbocycles. The highest BCUT2D eigenvalue weighted by Crippen LogP contribution is 2.24. The van der Waals surface area contributed by atoms with Crippen molar-refractivity contribution in [1.29, 1.82) is 0 Å². The fourth-order valence-corrected chi connectivity index (χ4v) is 4.26.